The standard InChI is InChI=1S/C30H38N4O9/c1-30(2,3)43-27(37)31-32(19-17-25(35)41-20-22-12-7-5-8-13-22)28(38)34-24(26(36)40-4)16-11-18-33(34)29(39)42-21-23-14-9-6-10-15-23/h5-10,12-15,24H,11,16-21H2,1-4H3,(H,31,37)/t24-/m0/s1. The summed E-state index contributed by atoms with van der Waals surface area (Å²) in [5.41, 5.74) is 2.93. The molecule has 1 heterocycles. The van der Waals surface area contributed by atoms with Crippen LogP contribution >= 0.6 is 0 Å². The number of hydrogen-bond donors (Lipinski definition) is 1. The Bertz CT molecular complexity index is 1250. The molecular formula is C30H38N4O9. The van der Waals surface area contributed by atoms with Crippen LogP contribution in [0.5, 0.6) is 0 Å². The Balaban J connectivity index is 1.81. The van der Waals surface area contributed by atoms with Crippen molar-refractivity contribution >= 4 is 30.2 Å². The molecular weight excluding hydrogens is 560 g/mol. The fourth-order valence-corrected chi connectivity index (χ4v) is 4.14. The monoisotopic (exact) mass is 598 g/mol. The molecule has 1 aliphatic heterocycles. The number of carbonyl (C=O) groups excluding carboxylic acids is 5. The van der Waals surface area contributed by atoms with Crippen molar-refractivity contribution in [3.05, 3.63) is 71.8 Å². The van der Waals surface area contributed by atoms with Crippen LogP contribution in [0.1, 0.15) is 51.2 Å². The average Bonchev–Trinajstić information content (AvgIpc) is 2.99. The number of urea groups is 1. The van der Waals surface area contributed by atoms with Gasteiger partial charge in [-0.2, -0.15) is 0 Å². The van der Waals surface area contributed by atoms with Crippen LogP contribution in [-0.4, -0.2) is 77.0 Å². The first kappa shape index (κ1) is 32.7. The van der Waals surface area contributed by atoms with Gasteiger partial charge in [-0.15, -0.1) is 0 Å². The Kier molecular flexibility index (Phi) is 11.7. The highest BCUT2D eigenvalue weighted by Crippen LogP contribution is 2.23. The summed E-state index contributed by atoms with van der Waals surface area (Å²) >= 11 is 0. The van der Waals surface area contributed by atoms with E-state index in [4.69, 9.17) is 18.9 Å². The van der Waals surface area contributed by atoms with Crippen molar-refractivity contribution in [3.8, 4) is 0 Å². The lowest BCUT2D eigenvalue weighted by Crippen LogP contribution is -2.65. The average molecular weight is 599 g/mol. The minimum atomic E-state index is -1.21. The third kappa shape index (κ3) is 10.2. The predicted octanol–water partition coefficient (Wildman–Crippen LogP) is 4.17. The van der Waals surface area contributed by atoms with E-state index < -0.39 is 41.8 Å². The largest absolute Gasteiger partial charge is 0.467 e. The number of nitrogens with zero attached hydrogens (tertiary/aromatic N) is 3. The van der Waals surface area contributed by atoms with Gasteiger partial charge in [-0.3, -0.25) is 4.79 Å². The third-order valence-corrected chi connectivity index (χ3v) is 6.13. The zero-order valence-electron chi connectivity index (χ0n) is 24.8. The number of carbonyl (C=O) groups is 5. The summed E-state index contributed by atoms with van der Waals surface area (Å²) in [6, 6.07) is 15.8. The van der Waals surface area contributed by atoms with Crippen molar-refractivity contribution in [2.75, 3.05) is 20.2 Å². The molecule has 43 heavy (non-hydrogen) atoms. The fourth-order valence-electron chi connectivity index (χ4n) is 4.14. The van der Waals surface area contributed by atoms with Gasteiger partial charge in [-0.25, -0.2) is 39.6 Å². The van der Waals surface area contributed by atoms with Gasteiger partial charge in [-0.05, 0) is 44.7 Å². The number of benzene rings is 2. The number of hydrazine groups is 2. The number of ether oxygens (including phenoxy) is 4. The normalized spacial score (nSPS) is 14.7. The van der Waals surface area contributed by atoms with Crippen LogP contribution in [0.25, 0.3) is 0 Å². The van der Waals surface area contributed by atoms with Crippen molar-refractivity contribution in [2.45, 2.75) is 64.9 Å². The van der Waals surface area contributed by atoms with Crippen molar-refractivity contribution in [3.63, 3.8) is 0 Å². The second-order valence-electron chi connectivity index (χ2n) is 10.6. The van der Waals surface area contributed by atoms with E-state index in [1.54, 1.807) is 69.3 Å². The smallest absolute Gasteiger partial charge is 0.429 e. The molecule has 13 nitrogen and oxygen atoms in total. The van der Waals surface area contributed by atoms with E-state index in [1.165, 1.54) is 0 Å². The van der Waals surface area contributed by atoms with E-state index in [-0.39, 0.29) is 39.1 Å². The van der Waals surface area contributed by atoms with Gasteiger partial charge in [0.2, 0.25) is 0 Å². The van der Waals surface area contributed by atoms with Crippen molar-refractivity contribution < 1.29 is 42.9 Å². The maximum absolute atomic E-state index is 14.0. The Morgan fingerprint density at radius 3 is 2.05 bits per heavy atom. The summed E-state index contributed by atoms with van der Waals surface area (Å²) in [4.78, 5) is 65.2. The third-order valence-electron chi connectivity index (χ3n) is 6.13. The maximum Gasteiger partial charge on any atom is 0.429 e. The summed E-state index contributed by atoms with van der Waals surface area (Å²) < 4.78 is 21.0. The lowest BCUT2D eigenvalue weighted by atomic mass is 10.1. The molecule has 0 bridgehead atoms. The van der Waals surface area contributed by atoms with Gasteiger partial charge in [0.1, 0.15) is 18.8 Å². The molecule has 1 aliphatic rings. The summed E-state index contributed by atoms with van der Waals surface area (Å²) in [5.74, 6) is -1.41. The first-order valence-electron chi connectivity index (χ1n) is 13.8. The highest BCUT2D eigenvalue weighted by molar-refractivity contribution is 5.87. The molecule has 1 saturated heterocycles. The lowest BCUT2D eigenvalue weighted by molar-refractivity contribution is -0.155. The van der Waals surface area contributed by atoms with Gasteiger partial charge in [0.15, 0.2) is 6.04 Å². The summed E-state index contributed by atoms with van der Waals surface area (Å²) in [7, 11) is 1.16. The van der Waals surface area contributed by atoms with Gasteiger partial charge in [-0.1, -0.05) is 60.7 Å². The highest BCUT2D eigenvalue weighted by Gasteiger charge is 2.43. The van der Waals surface area contributed by atoms with Gasteiger partial charge < -0.3 is 18.9 Å². The maximum atomic E-state index is 14.0. The quantitative estimate of drug-likeness (QED) is 0.269. The number of rotatable bonds is 8. The van der Waals surface area contributed by atoms with Crippen LogP contribution in [0.4, 0.5) is 14.4 Å². The Labute approximate surface area is 250 Å². The van der Waals surface area contributed by atoms with E-state index in [9.17, 15) is 24.0 Å². The summed E-state index contributed by atoms with van der Waals surface area (Å²) in [6.45, 7) is 4.56. The van der Waals surface area contributed by atoms with Gasteiger partial charge in [0, 0.05) is 6.54 Å². The number of nitrogens with one attached hydrogen (secondary N) is 1. The van der Waals surface area contributed by atoms with Crippen LogP contribution < -0.4 is 5.43 Å². The molecule has 1 atom stereocenters. The van der Waals surface area contributed by atoms with Gasteiger partial charge in [0.25, 0.3) is 0 Å². The lowest BCUT2D eigenvalue weighted by Gasteiger charge is -2.43. The summed E-state index contributed by atoms with van der Waals surface area (Å²) in [6.07, 6.45) is -1.63. The molecule has 232 valence electrons. The SMILES string of the molecule is COC(=O)[C@@H]1CCCN(C(=O)OCc2ccccc2)N1C(=O)N(CCC(=O)OCc1ccccc1)NC(=O)OC(C)(C)C. The molecule has 0 radical (unpaired) electrons. The van der Waals surface area contributed by atoms with Crippen LogP contribution in [0, 0.1) is 0 Å². The minimum Gasteiger partial charge on any atom is -0.467 e. The second-order valence-corrected chi connectivity index (χ2v) is 10.6. The summed E-state index contributed by atoms with van der Waals surface area (Å²) in [5, 5.41) is 2.68. The Morgan fingerprint density at radius 1 is 0.907 bits per heavy atom. The Hall–Kier alpha value is -4.81. The van der Waals surface area contributed by atoms with Gasteiger partial charge >= 0.3 is 30.2 Å². The second kappa shape index (κ2) is 15.4. The van der Waals surface area contributed by atoms with Crippen LogP contribution in [0.2, 0.25) is 0 Å². The van der Waals surface area contributed by atoms with Crippen LogP contribution in [0.15, 0.2) is 60.7 Å². The molecule has 13 heteroatoms. The minimum absolute atomic E-state index is 0.0185. The first-order chi connectivity index (χ1) is 20.5. The van der Waals surface area contributed by atoms with E-state index in [2.05, 4.69) is 5.43 Å². The van der Waals surface area contributed by atoms with Crippen LogP contribution in [0.3, 0.4) is 0 Å². The molecule has 0 spiro atoms. The van der Waals surface area contributed by atoms with Crippen LogP contribution in [-0.2, 0) is 41.8 Å². The molecule has 3 rings (SSSR count). The molecule has 0 saturated carbocycles. The number of esters is 2. The molecule has 0 aromatic heterocycles. The molecule has 0 aliphatic carbocycles. The molecule has 4 amide bonds. The van der Waals surface area contributed by atoms with E-state index >= 15 is 0 Å². The van der Waals surface area contributed by atoms with Crippen molar-refractivity contribution in [1.82, 2.24) is 20.5 Å². The Morgan fingerprint density at radius 2 is 1.49 bits per heavy atom. The number of methoxy groups -OCH3 is 1. The van der Waals surface area contributed by atoms with E-state index in [1.807, 2.05) is 12.1 Å². The first-order valence-corrected chi connectivity index (χ1v) is 13.8. The molecule has 1 N–H and O–H groups in total. The zero-order chi connectivity index (χ0) is 31.4. The number of hydrogen-bond acceptors (Lipinski definition) is 9. The zero-order valence-corrected chi connectivity index (χ0v) is 24.8. The molecule has 1 fully saturated rings. The topological polar surface area (TPSA) is 144 Å². The number of amides is 4. The van der Waals surface area contributed by atoms with Crippen molar-refractivity contribution in [1.29, 1.82) is 0 Å². The highest BCUT2D eigenvalue weighted by atomic mass is 16.6. The van der Waals surface area contributed by atoms with Crippen molar-refractivity contribution in [2.24, 2.45) is 0 Å². The molecule has 2 aromatic carbocycles. The fraction of sp³-hybridized carbons (Fsp3) is 0.433. The predicted molar refractivity (Wildman–Crippen MR) is 153 cm³/mol. The van der Waals surface area contributed by atoms with Gasteiger partial charge in [0.05, 0.1) is 20.1 Å². The van der Waals surface area contributed by atoms with E-state index in [0.29, 0.717) is 6.42 Å². The van der Waals surface area contributed by atoms with E-state index in [0.717, 1.165) is 33.3 Å². The molecule has 0 unspecified atom stereocenters. The molecule has 2 aromatic rings.